The molecule has 0 radical (unpaired) electrons. The Morgan fingerprint density at radius 2 is 1.68 bits per heavy atom. The van der Waals surface area contributed by atoms with Gasteiger partial charge in [-0.2, -0.15) is 14.3 Å². The van der Waals surface area contributed by atoms with E-state index in [2.05, 4.69) is 9.97 Å². The quantitative estimate of drug-likeness (QED) is 0.403. The number of piperidine rings is 1. The number of halogens is 1. The predicted octanol–water partition coefficient (Wildman–Crippen LogP) is 4.23. The Balaban J connectivity index is 1.32. The number of sulfonamides is 1. The van der Waals surface area contributed by atoms with Crippen LogP contribution < -0.4 is 14.2 Å². The molecule has 0 amide bonds. The van der Waals surface area contributed by atoms with Crippen LogP contribution in [0, 0.1) is 5.92 Å². The number of rotatable bonds is 10. The summed E-state index contributed by atoms with van der Waals surface area (Å²) in [5.74, 6) is 0.833. The highest BCUT2D eigenvalue weighted by Crippen LogP contribution is 2.43. The van der Waals surface area contributed by atoms with Crippen LogP contribution in [0.25, 0.3) is 0 Å². The molecular formula is C25H32ClN3O7S2. The smallest absolute Gasteiger partial charge is 0.269 e. The first-order valence-electron chi connectivity index (χ1n) is 12.8. The molecule has 3 aliphatic rings. The van der Waals surface area contributed by atoms with Gasteiger partial charge in [0.05, 0.1) is 28.0 Å². The van der Waals surface area contributed by atoms with Crippen molar-refractivity contribution in [1.82, 2.24) is 14.3 Å². The molecule has 2 saturated heterocycles. The number of fused-ring (bicyclic) bond motifs is 2. The van der Waals surface area contributed by atoms with Crippen LogP contribution in [0.15, 0.2) is 29.4 Å². The van der Waals surface area contributed by atoms with Crippen LogP contribution in [-0.4, -0.2) is 67.4 Å². The number of ether oxygens (including phenoxy) is 3. The molecule has 13 heteroatoms. The molecule has 2 aliphatic heterocycles. The van der Waals surface area contributed by atoms with E-state index >= 15 is 0 Å². The summed E-state index contributed by atoms with van der Waals surface area (Å²) < 4.78 is 70.3. The number of benzene rings is 1. The van der Waals surface area contributed by atoms with Gasteiger partial charge in [-0.1, -0.05) is 25.4 Å². The van der Waals surface area contributed by atoms with Crippen LogP contribution in [0.4, 0.5) is 0 Å². The van der Waals surface area contributed by atoms with E-state index in [0.717, 1.165) is 12.8 Å². The lowest BCUT2D eigenvalue weighted by Gasteiger charge is -2.38. The Morgan fingerprint density at radius 1 is 1.03 bits per heavy atom. The number of methoxy groups -OCH3 is 1. The van der Waals surface area contributed by atoms with Crippen LogP contribution >= 0.6 is 11.6 Å². The van der Waals surface area contributed by atoms with Gasteiger partial charge in [0.25, 0.3) is 11.8 Å². The third-order valence-corrected chi connectivity index (χ3v) is 12.0. The van der Waals surface area contributed by atoms with Crippen molar-refractivity contribution >= 4 is 31.5 Å². The number of sulfone groups is 1. The molecule has 1 aliphatic carbocycles. The average Bonchev–Trinajstić information content (AvgIpc) is 3.65. The van der Waals surface area contributed by atoms with Crippen molar-refractivity contribution in [3.05, 3.63) is 29.5 Å². The molecule has 38 heavy (non-hydrogen) atoms. The summed E-state index contributed by atoms with van der Waals surface area (Å²) in [7, 11) is -5.28. The molecule has 1 aromatic heterocycles. The second-order valence-electron chi connectivity index (χ2n) is 10.6. The Labute approximate surface area is 228 Å². The second kappa shape index (κ2) is 10.4. The summed E-state index contributed by atoms with van der Waals surface area (Å²) in [6.07, 6.45) is 5.08. The highest BCUT2D eigenvalue weighted by atomic mass is 35.5. The summed E-state index contributed by atoms with van der Waals surface area (Å²) in [5.41, 5.74) is 0. The zero-order chi connectivity index (χ0) is 27.2. The van der Waals surface area contributed by atoms with E-state index in [1.807, 2.05) is 13.8 Å². The third-order valence-electron chi connectivity index (χ3n) is 7.11. The zero-order valence-electron chi connectivity index (χ0n) is 21.5. The molecule has 1 aromatic carbocycles. The van der Waals surface area contributed by atoms with E-state index in [0.29, 0.717) is 25.7 Å². The van der Waals surface area contributed by atoms with Gasteiger partial charge in [0.15, 0.2) is 9.84 Å². The Bertz CT molecular complexity index is 1400. The largest absolute Gasteiger partial charge is 0.487 e. The standard InChI is InChI=1S/C25H32ClN3O7S2/c1-15(2)13-37(30,31)29-16-4-5-17(29)11-18(10-16)35-24-23(34-3)25(28-14-27-24)36-22-9-8-20(12-21(22)26)38(32,33)19-6-7-19/h8-9,12,14-19H,4-7,10-11,13H2,1-3H3/t16-,17?,18?/m0/s1. The van der Waals surface area contributed by atoms with Crippen LogP contribution in [0.5, 0.6) is 23.3 Å². The first-order chi connectivity index (χ1) is 18.0. The molecule has 208 valence electrons. The van der Waals surface area contributed by atoms with Gasteiger partial charge in [-0.05, 0) is 49.8 Å². The van der Waals surface area contributed by atoms with Gasteiger partial charge in [0, 0.05) is 24.9 Å². The molecule has 1 saturated carbocycles. The van der Waals surface area contributed by atoms with Crippen molar-refractivity contribution in [2.24, 2.45) is 5.92 Å². The number of nitrogens with zero attached hydrogens (tertiary/aromatic N) is 3. The van der Waals surface area contributed by atoms with E-state index in [4.69, 9.17) is 25.8 Å². The maximum Gasteiger partial charge on any atom is 0.269 e. The van der Waals surface area contributed by atoms with Crippen molar-refractivity contribution in [3.8, 4) is 23.3 Å². The van der Waals surface area contributed by atoms with Crippen LogP contribution in [0.2, 0.25) is 5.02 Å². The van der Waals surface area contributed by atoms with Gasteiger partial charge in [-0.25, -0.2) is 16.8 Å². The molecule has 5 rings (SSSR count). The van der Waals surface area contributed by atoms with Gasteiger partial charge in [0.2, 0.25) is 15.8 Å². The third kappa shape index (κ3) is 5.45. The fourth-order valence-electron chi connectivity index (χ4n) is 5.39. The van der Waals surface area contributed by atoms with Gasteiger partial charge < -0.3 is 14.2 Å². The summed E-state index contributed by atoms with van der Waals surface area (Å²) >= 11 is 6.36. The minimum atomic E-state index is -3.39. The first kappa shape index (κ1) is 27.4. The fourth-order valence-corrected chi connectivity index (χ4v) is 9.66. The van der Waals surface area contributed by atoms with Crippen LogP contribution in [0.1, 0.15) is 52.4 Å². The molecule has 3 fully saturated rings. The summed E-state index contributed by atoms with van der Waals surface area (Å²) in [4.78, 5) is 8.56. The molecule has 3 atom stereocenters. The van der Waals surface area contributed by atoms with Crippen molar-refractivity contribution in [2.45, 2.75) is 80.7 Å². The van der Waals surface area contributed by atoms with Crippen molar-refractivity contribution in [3.63, 3.8) is 0 Å². The maximum absolute atomic E-state index is 13.0. The van der Waals surface area contributed by atoms with Crippen LogP contribution in [-0.2, 0) is 19.9 Å². The topological polar surface area (TPSA) is 125 Å². The highest BCUT2D eigenvalue weighted by Gasteiger charge is 2.47. The molecule has 0 N–H and O–H groups in total. The molecule has 2 aromatic rings. The fraction of sp³-hybridized carbons (Fsp3) is 0.600. The van der Waals surface area contributed by atoms with E-state index in [1.165, 1.54) is 31.6 Å². The number of hydrogen-bond acceptors (Lipinski definition) is 9. The average molecular weight is 586 g/mol. The molecule has 2 bridgehead atoms. The summed E-state index contributed by atoms with van der Waals surface area (Å²) in [6.45, 7) is 3.82. The molecule has 3 heterocycles. The lowest BCUT2D eigenvalue weighted by molar-refractivity contribution is 0.0881. The monoisotopic (exact) mass is 585 g/mol. The number of hydrogen-bond donors (Lipinski definition) is 0. The van der Waals surface area contributed by atoms with Gasteiger partial charge >= 0.3 is 0 Å². The maximum atomic E-state index is 13.0. The summed E-state index contributed by atoms with van der Waals surface area (Å²) in [5, 5.41) is -0.217. The zero-order valence-corrected chi connectivity index (χ0v) is 23.9. The van der Waals surface area contributed by atoms with Gasteiger partial charge in [-0.15, -0.1) is 0 Å². The SMILES string of the molecule is COc1c(Oc2ccc(S(=O)(=O)C3CC3)cc2Cl)ncnc1OC1CC2CC[C@@H](C1)N2S(=O)(=O)CC(C)C. The molecule has 2 unspecified atom stereocenters. The number of aromatic nitrogens is 2. The molecular weight excluding hydrogens is 554 g/mol. The first-order valence-corrected chi connectivity index (χ1v) is 16.3. The van der Waals surface area contributed by atoms with Crippen molar-refractivity contribution in [2.75, 3.05) is 12.9 Å². The van der Waals surface area contributed by atoms with Crippen molar-refractivity contribution < 1.29 is 31.0 Å². The van der Waals surface area contributed by atoms with E-state index < -0.39 is 19.9 Å². The van der Waals surface area contributed by atoms with E-state index in [9.17, 15) is 16.8 Å². The minimum Gasteiger partial charge on any atom is -0.487 e. The Morgan fingerprint density at radius 3 is 2.26 bits per heavy atom. The van der Waals surface area contributed by atoms with Crippen LogP contribution in [0.3, 0.4) is 0 Å². The second-order valence-corrected chi connectivity index (χ2v) is 15.1. The lowest BCUT2D eigenvalue weighted by Crippen LogP contribution is -2.50. The van der Waals surface area contributed by atoms with E-state index in [-0.39, 0.29) is 68.3 Å². The lowest BCUT2D eigenvalue weighted by atomic mass is 10.0. The van der Waals surface area contributed by atoms with Gasteiger partial charge in [0.1, 0.15) is 18.2 Å². The molecule has 0 spiro atoms. The Kier molecular flexibility index (Phi) is 7.53. The van der Waals surface area contributed by atoms with E-state index in [1.54, 1.807) is 4.31 Å². The van der Waals surface area contributed by atoms with Crippen molar-refractivity contribution in [1.29, 1.82) is 0 Å². The Hall–Kier alpha value is -2.15. The molecule has 10 nitrogen and oxygen atoms in total. The normalized spacial score (nSPS) is 24.0. The predicted molar refractivity (Wildman–Crippen MR) is 141 cm³/mol. The minimum absolute atomic E-state index is 0.0596. The highest BCUT2D eigenvalue weighted by molar-refractivity contribution is 7.92. The van der Waals surface area contributed by atoms with Gasteiger partial charge in [-0.3, -0.25) is 0 Å². The summed E-state index contributed by atoms with van der Waals surface area (Å²) in [6, 6.07) is 4.14.